The number of aromatic nitrogens is 1. The fourth-order valence-electron chi connectivity index (χ4n) is 4.22. The van der Waals surface area contributed by atoms with Crippen LogP contribution in [0.15, 0.2) is 18.3 Å². The van der Waals surface area contributed by atoms with E-state index in [1.165, 1.54) is 12.8 Å². The highest BCUT2D eigenvalue weighted by Gasteiger charge is 2.35. The molecule has 5 heteroatoms. The van der Waals surface area contributed by atoms with Crippen molar-refractivity contribution >= 4 is 11.9 Å². The number of amides is 1. The highest BCUT2D eigenvalue weighted by atomic mass is 16.6. The van der Waals surface area contributed by atoms with Crippen LogP contribution in [0.3, 0.4) is 0 Å². The summed E-state index contributed by atoms with van der Waals surface area (Å²) in [6.45, 7) is 6.86. The number of likely N-dealkylation sites (tertiary alicyclic amines) is 1. The second-order valence-corrected chi connectivity index (χ2v) is 8.70. The lowest BCUT2D eigenvalue weighted by Gasteiger charge is -2.37. The maximum Gasteiger partial charge on any atom is 0.416 e. The summed E-state index contributed by atoms with van der Waals surface area (Å²) in [5.41, 5.74) is 0.650. The zero-order valence-corrected chi connectivity index (χ0v) is 16.7. The molecular weight excluding hydrogens is 326 g/mol. The molecule has 1 unspecified atom stereocenters. The molecule has 26 heavy (non-hydrogen) atoms. The summed E-state index contributed by atoms with van der Waals surface area (Å²) in [6, 6.07) is 4.64. The second-order valence-electron chi connectivity index (χ2n) is 8.70. The van der Waals surface area contributed by atoms with Gasteiger partial charge in [-0.2, -0.15) is 0 Å². The molecule has 1 aliphatic carbocycles. The van der Waals surface area contributed by atoms with Crippen LogP contribution >= 0.6 is 0 Å². The van der Waals surface area contributed by atoms with Crippen LogP contribution in [0.2, 0.25) is 0 Å². The fourth-order valence-corrected chi connectivity index (χ4v) is 4.22. The molecule has 1 atom stereocenters. The minimum absolute atomic E-state index is 0.187. The minimum Gasteiger partial charge on any atom is -0.443 e. The van der Waals surface area contributed by atoms with Gasteiger partial charge in [0, 0.05) is 23.8 Å². The van der Waals surface area contributed by atoms with Gasteiger partial charge in [-0.3, -0.25) is 9.80 Å². The van der Waals surface area contributed by atoms with Gasteiger partial charge in [0.1, 0.15) is 11.4 Å². The number of hydrogen-bond acceptors (Lipinski definition) is 4. The van der Waals surface area contributed by atoms with E-state index >= 15 is 0 Å². The zero-order chi connectivity index (χ0) is 18.7. The summed E-state index contributed by atoms with van der Waals surface area (Å²) in [4.78, 5) is 22.0. The van der Waals surface area contributed by atoms with E-state index in [1.807, 2.05) is 31.7 Å². The SMILES string of the molecule is CN1CCCCC1c1cccnc1N(C(=O)OC(C)(C)C)C1CCCC1. The molecule has 1 saturated heterocycles. The Bertz CT molecular complexity index is 620. The minimum atomic E-state index is -0.509. The first-order valence-corrected chi connectivity index (χ1v) is 10.0. The molecule has 1 saturated carbocycles. The molecule has 2 fully saturated rings. The Morgan fingerprint density at radius 3 is 2.54 bits per heavy atom. The molecule has 3 rings (SSSR count). The molecule has 2 heterocycles. The standard InChI is InChI=1S/C21H33N3O2/c1-21(2,3)26-20(25)24(16-10-5-6-11-16)19-17(12-9-14-22-19)18-13-7-8-15-23(18)4/h9,12,14,16,18H,5-8,10-11,13,15H2,1-4H3. The number of hydrogen-bond donors (Lipinski definition) is 0. The second kappa shape index (κ2) is 7.95. The maximum absolute atomic E-state index is 13.1. The average Bonchev–Trinajstić information content (AvgIpc) is 3.09. The average molecular weight is 360 g/mol. The van der Waals surface area contributed by atoms with Crippen LogP contribution in [-0.2, 0) is 4.74 Å². The molecule has 1 aromatic heterocycles. The van der Waals surface area contributed by atoms with Gasteiger partial charge in [0.05, 0.1) is 0 Å². The predicted octanol–water partition coefficient (Wildman–Crippen LogP) is 4.92. The predicted molar refractivity (Wildman–Crippen MR) is 104 cm³/mol. The molecule has 5 nitrogen and oxygen atoms in total. The van der Waals surface area contributed by atoms with Crippen LogP contribution in [0.5, 0.6) is 0 Å². The van der Waals surface area contributed by atoms with Crippen LogP contribution in [-0.4, -0.2) is 41.2 Å². The largest absolute Gasteiger partial charge is 0.443 e. The lowest BCUT2D eigenvalue weighted by atomic mass is 9.95. The van der Waals surface area contributed by atoms with E-state index in [0.717, 1.165) is 50.0 Å². The number of ether oxygens (including phenoxy) is 1. The van der Waals surface area contributed by atoms with Crippen LogP contribution < -0.4 is 4.90 Å². The van der Waals surface area contributed by atoms with Gasteiger partial charge < -0.3 is 4.74 Å². The third kappa shape index (κ3) is 4.37. The molecule has 0 aromatic carbocycles. The first kappa shape index (κ1) is 19.2. The van der Waals surface area contributed by atoms with E-state index in [9.17, 15) is 4.79 Å². The monoisotopic (exact) mass is 359 g/mol. The van der Waals surface area contributed by atoms with Crippen LogP contribution in [0.1, 0.15) is 77.3 Å². The molecule has 0 N–H and O–H groups in total. The number of pyridine rings is 1. The topological polar surface area (TPSA) is 45.7 Å². The van der Waals surface area contributed by atoms with Gasteiger partial charge in [-0.1, -0.05) is 25.3 Å². The van der Waals surface area contributed by atoms with Crippen LogP contribution in [0.25, 0.3) is 0 Å². The van der Waals surface area contributed by atoms with E-state index in [0.29, 0.717) is 6.04 Å². The van der Waals surface area contributed by atoms with Crippen molar-refractivity contribution in [3.05, 3.63) is 23.9 Å². The molecule has 1 aliphatic heterocycles. The van der Waals surface area contributed by atoms with Crippen molar-refractivity contribution in [2.45, 2.75) is 83.4 Å². The smallest absolute Gasteiger partial charge is 0.416 e. The van der Waals surface area contributed by atoms with Crippen molar-refractivity contribution in [1.82, 2.24) is 9.88 Å². The van der Waals surface area contributed by atoms with Crippen molar-refractivity contribution in [1.29, 1.82) is 0 Å². The van der Waals surface area contributed by atoms with Crippen molar-refractivity contribution in [2.24, 2.45) is 0 Å². The van der Waals surface area contributed by atoms with Gasteiger partial charge in [-0.15, -0.1) is 0 Å². The summed E-state index contributed by atoms with van der Waals surface area (Å²) in [6.07, 6.45) is 9.48. The molecule has 0 spiro atoms. The molecule has 1 amide bonds. The van der Waals surface area contributed by atoms with E-state index in [-0.39, 0.29) is 12.1 Å². The molecule has 2 aliphatic rings. The molecule has 0 radical (unpaired) electrons. The maximum atomic E-state index is 13.1. The van der Waals surface area contributed by atoms with E-state index in [1.54, 1.807) is 6.20 Å². The number of rotatable bonds is 3. The normalized spacial score (nSPS) is 22.4. The first-order valence-electron chi connectivity index (χ1n) is 10.0. The molecule has 144 valence electrons. The quantitative estimate of drug-likeness (QED) is 0.768. The van der Waals surface area contributed by atoms with E-state index < -0.39 is 5.60 Å². The van der Waals surface area contributed by atoms with Gasteiger partial charge >= 0.3 is 6.09 Å². The van der Waals surface area contributed by atoms with Crippen molar-refractivity contribution in [2.75, 3.05) is 18.5 Å². The Hall–Kier alpha value is -1.62. The highest BCUT2D eigenvalue weighted by Crippen LogP contribution is 2.37. The first-order chi connectivity index (χ1) is 12.4. The Kier molecular flexibility index (Phi) is 5.86. The Labute approximate surface area is 157 Å². The lowest BCUT2D eigenvalue weighted by Crippen LogP contribution is -2.44. The molecule has 1 aromatic rings. The van der Waals surface area contributed by atoms with Crippen molar-refractivity contribution in [3.8, 4) is 0 Å². The number of anilines is 1. The third-order valence-corrected chi connectivity index (χ3v) is 5.45. The summed E-state index contributed by atoms with van der Waals surface area (Å²) < 4.78 is 5.77. The number of piperidine rings is 1. The lowest BCUT2D eigenvalue weighted by molar-refractivity contribution is 0.0563. The van der Waals surface area contributed by atoms with Gasteiger partial charge in [0.15, 0.2) is 0 Å². The summed E-state index contributed by atoms with van der Waals surface area (Å²) in [7, 11) is 2.17. The van der Waals surface area contributed by atoms with Crippen LogP contribution in [0, 0.1) is 0 Å². The van der Waals surface area contributed by atoms with Crippen molar-refractivity contribution in [3.63, 3.8) is 0 Å². The zero-order valence-electron chi connectivity index (χ0n) is 16.7. The third-order valence-electron chi connectivity index (χ3n) is 5.45. The number of carbonyl (C=O) groups is 1. The van der Waals surface area contributed by atoms with E-state index in [2.05, 4.69) is 23.0 Å². The Morgan fingerprint density at radius 1 is 1.19 bits per heavy atom. The van der Waals surface area contributed by atoms with Crippen LogP contribution in [0.4, 0.5) is 10.6 Å². The van der Waals surface area contributed by atoms with Gasteiger partial charge in [0.2, 0.25) is 0 Å². The summed E-state index contributed by atoms with van der Waals surface area (Å²) >= 11 is 0. The highest BCUT2D eigenvalue weighted by molar-refractivity contribution is 5.88. The fraction of sp³-hybridized carbons (Fsp3) is 0.714. The molecular formula is C21H33N3O2. The van der Waals surface area contributed by atoms with Gasteiger partial charge in [0.25, 0.3) is 0 Å². The number of carbonyl (C=O) groups excluding carboxylic acids is 1. The number of nitrogens with zero attached hydrogens (tertiary/aromatic N) is 3. The molecule has 0 bridgehead atoms. The Morgan fingerprint density at radius 2 is 1.88 bits per heavy atom. The Balaban J connectivity index is 1.97. The van der Waals surface area contributed by atoms with Gasteiger partial charge in [-0.25, -0.2) is 9.78 Å². The summed E-state index contributed by atoms with van der Waals surface area (Å²) in [5, 5.41) is 0. The van der Waals surface area contributed by atoms with E-state index in [4.69, 9.17) is 4.74 Å². The van der Waals surface area contributed by atoms with Gasteiger partial charge in [-0.05, 0) is 66.1 Å². The summed E-state index contributed by atoms with van der Waals surface area (Å²) in [5.74, 6) is 0.799. The van der Waals surface area contributed by atoms with Crippen molar-refractivity contribution < 1.29 is 9.53 Å².